The van der Waals surface area contributed by atoms with Gasteiger partial charge in [-0.2, -0.15) is 0 Å². The van der Waals surface area contributed by atoms with Crippen LogP contribution in [0.3, 0.4) is 0 Å². The van der Waals surface area contributed by atoms with Gasteiger partial charge in [-0.25, -0.2) is 0 Å². The molecule has 1 aromatic heterocycles. The van der Waals surface area contributed by atoms with Crippen molar-refractivity contribution in [3.63, 3.8) is 0 Å². The van der Waals surface area contributed by atoms with E-state index in [2.05, 4.69) is 49.0 Å². The van der Waals surface area contributed by atoms with E-state index in [1.807, 2.05) is 11.3 Å². The van der Waals surface area contributed by atoms with Gasteiger partial charge in [-0.1, -0.05) is 27.7 Å². The minimum Gasteiger partial charge on any atom is -0.147 e. The molecule has 2 heteroatoms. The zero-order valence-electron chi connectivity index (χ0n) is 9.28. The minimum absolute atomic E-state index is 0.351. The number of hydrogen-bond acceptors (Lipinski definition) is 1. The van der Waals surface area contributed by atoms with E-state index in [0.717, 1.165) is 0 Å². The highest BCUT2D eigenvalue weighted by atomic mass is 79.9. The van der Waals surface area contributed by atoms with Crippen LogP contribution in [0.5, 0.6) is 0 Å². The Kier molecular flexibility index (Phi) is 2.35. The first-order valence-corrected chi connectivity index (χ1v) is 6.80. The van der Waals surface area contributed by atoms with Gasteiger partial charge >= 0.3 is 0 Å². The van der Waals surface area contributed by atoms with Gasteiger partial charge in [-0.05, 0) is 45.2 Å². The van der Waals surface area contributed by atoms with Gasteiger partial charge in [0.05, 0.1) is 0 Å². The first-order valence-electron chi connectivity index (χ1n) is 5.12. The molecule has 0 fully saturated rings. The summed E-state index contributed by atoms with van der Waals surface area (Å²) in [5.41, 5.74) is 2.28. The van der Waals surface area contributed by atoms with Crippen LogP contribution < -0.4 is 0 Å². The number of fused-ring (bicyclic) bond motifs is 1. The number of hydrogen-bond donors (Lipinski definition) is 0. The second kappa shape index (κ2) is 3.08. The Hall–Kier alpha value is 0.180. The van der Waals surface area contributed by atoms with E-state index in [0.29, 0.717) is 10.8 Å². The highest BCUT2D eigenvalue weighted by Gasteiger charge is 2.39. The third-order valence-electron chi connectivity index (χ3n) is 3.41. The Morgan fingerprint density at radius 1 is 1.14 bits per heavy atom. The molecular formula is C12H17BrS. The van der Waals surface area contributed by atoms with Crippen LogP contribution in [0.25, 0.3) is 0 Å². The highest BCUT2D eigenvalue weighted by molar-refractivity contribution is 9.10. The molecular weight excluding hydrogens is 256 g/mol. The summed E-state index contributed by atoms with van der Waals surface area (Å²) in [4.78, 5) is 1.58. The molecule has 0 radical (unpaired) electrons. The van der Waals surface area contributed by atoms with Crippen LogP contribution in [-0.2, 0) is 10.8 Å². The third kappa shape index (κ3) is 1.47. The van der Waals surface area contributed by atoms with Gasteiger partial charge in [-0.15, -0.1) is 11.3 Å². The Bertz CT molecular complexity index is 360. The molecule has 0 unspecified atom stereocenters. The summed E-state index contributed by atoms with van der Waals surface area (Å²) >= 11 is 5.60. The van der Waals surface area contributed by atoms with Crippen LogP contribution >= 0.6 is 27.3 Å². The molecule has 0 bridgehead atoms. The maximum atomic E-state index is 3.69. The molecule has 14 heavy (non-hydrogen) atoms. The molecule has 2 rings (SSSR count). The molecule has 0 nitrogen and oxygen atoms in total. The largest absolute Gasteiger partial charge is 0.147 e. The van der Waals surface area contributed by atoms with Gasteiger partial charge in [0.2, 0.25) is 0 Å². The smallest absolute Gasteiger partial charge is 0.0322 e. The van der Waals surface area contributed by atoms with Gasteiger partial charge in [-0.3, -0.25) is 0 Å². The average molecular weight is 273 g/mol. The fourth-order valence-corrected chi connectivity index (χ4v) is 4.74. The van der Waals surface area contributed by atoms with Gasteiger partial charge < -0.3 is 0 Å². The van der Waals surface area contributed by atoms with Crippen molar-refractivity contribution in [2.45, 2.75) is 51.4 Å². The molecule has 1 aliphatic carbocycles. The molecule has 0 amide bonds. The van der Waals surface area contributed by atoms with E-state index in [-0.39, 0.29) is 0 Å². The van der Waals surface area contributed by atoms with Crippen molar-refractivity contribution in [2.75, 3.05) is 0 Å². The van der Waals surface area contributed by atoms with Crippen LogP contribution in [0.2, 0.25) is 0 Å². The Morgan fingerprint density at radius 3 is 2.29 bits per heavy atom. The first-order chi connectivity index (χ1) is 6.34. The topological polar surface area (TPSA) is 0 Å². The van der Waals surface area contributed by atoms with E-state index in [9.17, 15) is 0 Å². The molecule has 0 aliphatic heterocycles. The predicted molar refractivity (Wildman–Crippen MR) is 67.3 cm³/mol. The highest BCUT2D eigenvalue weighted by Crippen LogP contribution is 2.51. The Labute approximate surface area is 98.9 Å². The third-order valence-corrected chi connectivity index (χ3v) is 5.69. The van der Waals surface area contributed by atoms with Crippen molar-refractivity contribution >= 4 is 27.3 Å². The zero-order chi connectivity index (χ0) is 10.6. The summed E-state index contributed by atoms with van der Waals surface area (Å²) < 4.78 is 1.32. The molecule has 1 aromatic rings. The van der Waals surface area contributed by atoms with Gasteiger partial charge in [0, 0.05) is 14.7 Å². The molecule has 1 aliphatic rings. The Morgan fingerprint density at radius 2 is 1.71 bits per heavy atom. The summed E-state index contributed by atoms with van der Waals surface area (Å²) in [7, 11) is 0. The minimum atomic E-state index is 0.351. The van der Waals surface area contributed by atoms with Crippen molar-refractivity contribution in [1.82, 2.24) is 0 Å². The fourth-order valence-electron chi connectivity index (χ4n) is 2.33. The second-order valence-corrected chi connectivity index (χ2v) is 7.29. The van der Waals surface area contributed by atoms with Gasteiger partial charge in [0.1, 0.15) is 0 Å². The first kappa shape index (κ1) is 10.7. The lowest BCUT2D eigenvalue weighted by molar-refractivity contribution is 0.338. The summed E-state index contributed by atoms with van der Waals surface area (Å²) in [6.07, 6.45) is 2.60. The van der Waals surface area contributed by atoms with E-state index in [1.165, 1.54) is 17.3 Å². The van der Waals surface area contributed by atoms with Crippen molar-refractivity contribution in [3.05, 3.63) is 20.3 Å². The SMILES string of the molecule is CC1(C)CCC(C)(C)c2c(Br)csc21. The fraction of sp³-hybridized carbons (Fsp3) is 0.667. The van der Waals surface area contributed by atoms with Crippen molar-refractivity contribution in [2.24, 2.45) is 0 Å². The zero-order valence-corrected chi connectivity index (χ0v) is 11.7. The van der Waals surface area contributed by atoms with Gasteiger partial charge in [0.25, 0.3) is 0 Å². The summed E-state index contributed by atoms with van der Waals surface area (Å²) in [6, 6.07) is 0. The summed E-state index contributed by atoms with van der Waals surface area (Å²) in [5.74, 6) is 0. The number of rotatable bonds is 0. The van der Waals surface area contributed by atoms with Crippen LogP contribution in [0, 0.1) is 0 Å². The molecule has 1 heterocycles. The lowest BCUT2D eigenvalue weighted by Crippen LogP contribution is -2.32. The lowest BCUT2D eigenvalue weighted by atomic mass is 9.67. The molecule has 0 saturated carbocycles. The monoisotopic (exact) mass is 272 g/mol. The maximum Gasteiger partial charge on any atom is 0.0322 e. The van der Waals surface area contributed by atoms with Crippen LogP contribution in [0.15, 0.2) is 9.85 Å². The molecule has 0 N–H and O–H groups in total. The maximum absolute atomic E-state index is 3.69. The standard InChI is InChI=1S/C12H17BrS/c1-11(2)5-6-12(3,4)10-9(11)8(13)7-14-10/h7H,5-6H2,1-4H3. The van der Waals surface area contributed by atoms with Crippen LogP contribution in [0.1, 0.15) is 51.0 Å². The van der Waals surface area contributed by atoms with Crippen molar-refractivity contribution < 1.29 is 0 Å². The number of thiophene rings is 1. The van der Waals surface area contributed by atoms with E-state index >= 15 is 0 Å². The van der Waals surface area contributed by atoms with Crippen LogP contribution in [-0.4, -0.2) is 0 Å². The van der Waals surface area contributed by atoms with Crippen molar-refractivity contribution in [1.29, 1.82) is 0 Å². The molecule has 0 aromatic carbocycles. The Balaban J connectivity index is 2.64. The quantitative estimate of drug-likeness (QED) is 0.633. The molecule has 78 valence electrons. The lowest BCUT2D eigenvalue weighted by Gasteiger charge is -2.39. The van der Waals surface area contributed by atoms with Crippen molar-refractivity contribution in [3.8, 4) is 0 Å². The molecule has 0 saturated heterocycles. The van der Waals surface area contributed by atoms with E-state index in [4.69, 9.17) is 0 Å². The molecule has 0 atom stereocenters. The molecule has 0 spiro atoms. The van der Waals surface area contributed by atoms with Gasteiger partial charge in [0.15, 0.2) is 0 Å². The number of halogens is 1. The summed E-state index contributed by atoms with van der Waals surface area (Å²) in [5, 5.41) is 2.25. The average Bonchev–Trinajstić information content (AvgIpc) is 2.44. The second-order valence-electron chi connectivity index (χ2n) is 5.56. The van der Waals surface area contributed by atoms with E-state index < -0.39 is 0 Å². The van der Waals surface area contributed by atoms with E-state index in [1.54, 1.807) is 10.4 Å². The predicted octanol–water partition coefficient (Wildman–Crippen LogP) is 4.86. The van der Waals surface area contributed by atoms with Crippen LogP contribution in [0.4, 0.5) is 0 Å². The summed E-state index contributed by atoms with van der Waals surface area (Å²) in [6.45, 7) is 9.45. The normalized spacial score (nSPS) is 23.2.